The minimum absolute atomic E-state index is 0.194. The van der Waals surface area contributed by atoms with Crippen molar-refractivity contribution in [2.24, 2.45) is 5.92 Å². The van der Waals surface area contributed by atoms with Gasteiger partial charge in [0.2, 0.25) is 0 Å². The smallest absolute Gasteiger partial charge is 0.252 e. The third-order valence-corrected chi connectivity index (χ3v) is 3.76. The molecule has 18 heavy (non-hydrogen) atoms. The number of rotatable bonds is 3. The van der Waals surface area contributed by atoms with E-state index in [2.05, 4.69) is 39.0 Å². The lowest BCUT2D eigenvalue weighted by Crippen LogP contribution is -2.35. The van der Waals surface area contributed by atoms with Gasteiger partial charge in [0.05, 0.1) is 5.56 Å². The molecule has 1 aliphatic rings. The molecule has 0 radical (unpaired) electrons. The molecule has 1 aliphatic heterocycles. The second kappa shape index (κ2) is 5.77. The molecule has 4 nitrogen and oxygen atoms in total. The number of hydrazine groups is 1. The van der Waals surface area contributed by atoms with E-state index in [1.807, 2.05) is 0 Å². The summed E-state index contributed by atoms with van der Waals surface area (Å²) in [5, 5.41) is 2.86. The number of benzene rings is 1. The van der Waals surface area contributed by atoms with E-state index in [0.717, 1.165) is 6.54 Å². The van der Waals surface area contributed by atoms with Gasteiger partial charge >= 0.3 is 0 Å². The first kappa shape index (κ1) is 13.5. The normalized spacial score (nSPS) is 23.1. The van der Waals surface area contributed by atoms with Crippen LogP contribution in [-0.4, -0.2) is 25.0 Å². The van der Waals surface area contributed by atoms with E-state index in [9.17, 15) is 9.18 Å². The van der Waals surface area contributed by atoms with Crippen LogP contribution in [0.2, 0.25) is 0 Å². The van der Waals surface area contributed by atoms with Gasteiger partial charge in [-0.05, 0) is 41.1 Å². The van der Waals surface area contributed by atoms with Crippen LogP contribution in [0.1, 0.15) is 17.3 Å². The van der Waals surface area contributed by atoms with Crippen molar-refractivity contribution in [3.05, 3.63) is 34.1 Å². The third kappa shape index (κ3) is 3.07. The Hall–Kier alpha value is -0.980. The van der Waals surface area contributed by atoms with Crippen molar-refractivity contribution < 1.29 is 9.18 Å². The SMILES string of the molecule is CC1NNCC1CNC(=O)c1ccc(F)cc1Br. The minimum Gasteiger partial charge on any atom is -0.352 e. The van der Waals surface area contributed by atoms with Crippen LogP contribution < -0.4 is 16.2 Å². The molecule has 1 aromatic carbocycles. The van der Waals surface area contributed by atoms with Crippen LogP contribution in [0.3, 0.4) is 0 Å². The topological polar surface area (TPSA) is 53.2 Å². The Balaban J connectivity index is 1.95. The number of halogens is 2. The fourth-order valence-electron chi connectivity index (χ4n) is 1.89. The highest BCUT2D eigenvalue weighted by atomic mass is 79.9. The van der Waals surface area contributed by atoms with E-state index in [1.165, 1.54) is 18.2 Å². The van der Waals surface area contributed by atoms with Crippen molar-refractivity contribution in [3.63, 3.8) is 0 Å². The van der Waals surface area contributed by atoms with E-state index >= 15 is 0 Å². The van der Waals surface area contributed by atoms with E-state index < -0.39 is 0 Å². The molecule has 1 fully saturated rings. The first-order valence-electron chi connectivity index (χ1n) is 5.79. The van der Waals surface area contributed by atoms with Crippen molar-refractivity contribution in [2.45, 2.75) is 13.0 Å². The maximum Gasteiger partial charge on any atom is 0.252 e. The molecule has 3 N–H and O–H groups in total. The summed E-state index contributed by atoms with van der Waals surface area (Å²) < 4.78 is 13.4. The van der Waals surface area contributed by atoms with Gasteiger partial charge in [0.1, 0.15) is 5.82 Å². The van der Waals surface area contributed by atoms with Gasteiger partial charge in [0.15, 0.2) is 0 Å². The van der Waals surface area contributed by atoms with Gasteiger partial charge in [-0.1, -0.05) is 0 Å². The molecule has 1 amide bonds. The van der Waals surface area contributed by atoms with Crippen molar-refractivity contribution in [3.8, 4) is 0 Å². The number of amides is 1. The van der Waals surface area contributed by atoms with Gasteiger partial charge in [-0.25, -0.2) is 4.39 Å². The Morgan fingerprint density at radius 1 is 1.61 bits per heavy atom. The van der Waals surface area contributed by atoms with E-state index in [4.69, 9.17) is 0 Å². The maximum absolute atomic E-state index is 12.9. The predicted molar refractivity (Wildman–Crippen MR) is 70.5 cm³/mol. The van der Waals surface area contributed by atoms with Crippen LogP contribution in [0, 0.1) is 11.7 Å². The molecular formula is C12H15BrFN3O. The number of hydrogen-bond acceptors (Lipinski definition) is 3. The van der Waals surface area contributed by atoms with E-state index in [1.54, 1.807) is 0 Å². The third-order valence-electron chi connectivity index (χ3n) is 3.10. The zero-order valence-electron chi connectivity index (χ0n) is 9.97. The lowest BCUT2D eigenvalue weighted by molar-refractivity contribution is 0.0946. The van der Waals surface area contributed by atoms with Gasteiger partial charge in [0.25, 0.3) is 5.91 Å². The number of carbonyl (C=O) groups excluding carboxylic acids is 1. The van der Waals surface area contributed by atoms with Gasteiger partial charge in [-0.15, -0.1) is 0 Å². The van der Waals surface area contributed by atoms with Crippen LogP contribution in [0.5, 0.6) is 0 Å². The summed E-state index contributed by atoms with van der Waals surface area (Å²) in [7, 11) is 0. The quantitative estimate of drug-likeness (QED) is 0.791. The maximum atomic E-state index is 12.9. The van der Waals surface area contributed by atoms with Crippen molar-refractivity contribution >= 4 is 21.8 Å². The second-order valence-electron chi connectivity index (χ2n) is 4.41. The zero-order chi connectivity index (χ0) is 13.1. The average molecular weight is 316 g/mol. The predicted octanol–water partition coefficient (Wildman–Crippen LogP) is 1.43. The molecule has 2 rings (SSSR count). The molecule has 1 saturated heterocycles. The van der Waals surface area contributed by atoms with Crippen molar-refractivity contribution in [1.82, 2.24) is 16.2 Å². The largest absolute Gasteiger partial charge is 0.352 e. The van der Waals surface area contributed by atoms with E-state index in [0.29, 0.717) is 28.5 Å². The molecule has 2 atom stereocenters. The summed E-state index contributed by atoms with van der Waals surface area (Å²) in [5.41, 5.74) is 6.58. The summed E-state index contributed by atoms with van der Waals surface area (Å²) in [4.78, 5) is 11.9. The fraction of sp³-hybridized carbons (Fsp3) is 0.417. The highest BCUT2D eigenvalue weighted by molar-refractivity contribution is 9.10. The lowest BCUT2D eigenvalue weighted by Gasteiger charge is -2.14. The van der Waals surface area contributed by atoms with Crippen LogP contribution in [0.25, 0.3) is 0 Å². The van der Waals surface area contributed by atoms with Crippen LogP contribution >= 0.6 is 15.9 Å². The number of hydrogen-bond donors (Lipinski definition) is 3. The molecule has 0 aliphatic carbocycles. The minimum atomic E-state index is -0.365. The summed E-state index contributed by atoms with van der Waals surface area (Å²) >= 11 is 3.19. The Bertz CT molecular complexity index is 455. The molecule has 0 aromatic heterocycles. The highest BCUT2D eigenvalue weighted by Gasteiger charge is 2.23. The van der Waals surface area contributed by atoms with Gasteiger partial charge < -0.3 is 5.32 Å². The number of carbonyl (C=O) groups is 1. The summed E-state index contributed by atoms with van der Waals surface area (Å²) in [6.07, 6.45) is 0. The fourth-order valence-corrected chi connectivity index (χ4v) is 2.42. The summed E-state index contributed by atoms with van der Waals surface area (Å²) in [6.45, 7) is 3.47. The average Bonchev–Trinajstić information content (AvgIpc) is 2.72. The number of nitrogens with one attached hydrogen (secondary N) is 3. The Labute approximate surface area is 113 Å². The highest BCUT2D eigenvalue weighted by Crippen LogP contribution is 2.18. The summed E-state index contributed by atoms with van der Waals surface area (Å²) in [6, 6.07) is 4.36. The van der Waals surface area contributed by atoms with Crippen molar-refractivity contribution in [2.75, 3.05) is 13.1 Å². The second-order valence-corrected chi connectivity index (χ2v) is 5.26. The monoisotopic (exact) mass is 315 g/mol. The Morgan fingerprint density at radius 3 is 3.00 bits per heavy atom. The molecule has 2 unspecified atom stereocenters. The zero-order valence-corrected chi connectivity index (χ0v) is 11.6. The molecule has 1 aromatic rings. The molecule has 0 spiro atoms. The molecule has 6 heteroatoms. The lowest BCUT2D eigenvalue weighted by atomic mass is 10.0. The molecule has 0 bridgehead atoms. The van der Waals surface area contributed by atoms with Gasteiger partial charge in [-0.2, -0.15) is 0 Å². The molecule has 0 saturated carbocycles. The standard InChI is InChI=1S/C12H15BrFN3O/c1-7-8(6-16-17-7)5-15-12(18)10-3-2-9(14)4-11(10)13/h2-4,7-8,16-17H,5-6H2,1H3,(H,15,18). The van der Waals surface area contributed by atoms with Crippen molar-refractivity contribution in [1.29, 1.82) is 0 Å². The molecule has 98 valence electrons. The van der Waals surface area contributed by atoms with E-state index in [-0.39, 0.29) is 11.7 Å². The Kier molecular flexibility index (Phi) is 4.31. The van der Waals surface area contributed by atoms with Gasteiger partial charge in [-0.3, -0.25) is 15.6 Å². The van der Waals surface area contributed by atoms with Crippen LogP contribution in [0.15, 0.2) is 22.7 Å². The first-order valence-corrected chi connectivity index (χ1v) is 6.59. The molecule has 1 heterocycles. The first-order chi connectivity index (χ1) is 8.58. The van der Waals surface area contributed by atoms with Crippen LogP contribution in [-0.2, 0) is 0 Å². The summed E-state index contributed by atoms with van der Waals surface area (Å²) in [5.74, 6) is -0.203. The Morgan fingerprint density at radius 2 is 2.39 bits per heavy atom. The molecular weight excluding hydrogens is 301 g/mol. The van der Waals surface area contributed by atoms with Crippen LogP contribution in [0.4, 0.5) is 4.39 Å². The van der Waals surface area contributed by atoms with Gasteiger partial charge in [0, 0.05) is 29.5 Å².